The summed E-state index contributed by atoms with van der Waals surface area (Å²) in [6.07, 6.45) is -0.0460. The molecule has 0 aromatic carbocycles. The Kier molecular flexibility index (Phi) is 7.76. The standard InChI is InChI=1S/C17H24N2O5S/c1-17(2,3)18-14(21)10-19(4)15(22)11-24-16(23)8-7-12(20)13-6-5-9-25-13/h5-6,9H,7-8,10-11H2,1-4H3,(H,18,21). The number of nitrogens with one attached hydrogen (secondary N) is 1. The van der Waals surface area contributed by atoms with Gasteiger partial charge in [-0.15, -0.1) is 11.3 Å². The summed E-state index contributed by atoms with van der Waals surface area (Å²) in [6, 6.07) is 3.46. The van der Waals surface area contributed by atoms with Crippen LogP contribution in [0.15, 0.2) is 17.5 Å². The number of ether oxygens (including phenoxy) is 1. The molecule has 0 fully saturated rings. The predicted molar refractivity (Wildman–Crippen MR) is 94.4 cm³/mol. The van der Waals surface area contributed by atoms with Crippen molar-refractivity contribution in [3.63, 3.8) is 0 Å². The quantitative estimate of drug-likeness (QED) is 0.556. The van der Waals surface area contributed by atoms with E-state index in [-0.39, 0.29) is 36.6 Å². The van der Waals surface area contributed by atoms with E-state index in [4.69, 9.17) is 4.74 Å². The van der Waals surface area contributed by atoms with Gasteiger partial charge in [-0.05, 0) is 32.2 Å². The van der Waals surface area contributed by atoms with Crippen molar-refractivity contribution in [3.05, 3.63) is 22.4 Å². The van der Waals surface area contributed by atoms with Crippen molar-refractivity contribution in [3.8, 4) is 0 Å². The third-order valence-corrected chi connectivity index (χ3v) is 3.94. The van der Waals surface area contributed by atoms with Crippen LogP contribution in [-0.2, 0) is 19.1 Å². The highest BCUT2D eigenvalue weighted by Crippen LogP contribution is 2.12. The molecule has 0 aliphatic carbocycles. The third kappa shape index (κ3) is 8.44. The Hall–Kier alpha value is -2.22. The van der Waals surface area contributed by atoms with E-state index < -0.39 is 18.5 Å². The van der Waals surface area contributed by atoms with E-state index in [9.17, 15) is 19.2 Å². The molecule has 1 heterocycles. The highest BCUT2D eigenvalue weighted by molar-refractivity contribution is 7.12. The lowest BCUT2D eigenvalue weighted by atomic mass is 10.1. The fraction of sp³-hybridized carbons (Fsp3) is 0.529. The van der Waals surface area contributed by atoms with Crippen LogP contribution < -0.4 is 5.32 Å². The number of hydrogen-bond acceptors (Lipinski definition) is 6. The summed E-state index contributed by atoms with van der Waals surface area (Å²) >= 11 is 1.31. The fourth-order valence-electron chi connectivity index (χ4n) is 1.86. The number of ketones is 1. The Morgan fingerprint density at radius 3 is 2.44 bits per heavy atom. The lowest BCUT2D eigenvalue weighted by Gasteiger charge is -2.23. The monoisotopic (exact) mass is 368 g/mol. The zero-order valence-corrected chi connectivity index (χ0v) is 15.8. The minimum atomic E-state index is -0.620. The van der Waals surface area contributed by atoms with Crippen molar-refractivity contribution in [2.45, 2.75) is 39.2 Å². The molecule has 0 saturated heterocycles. The second kappa shape index (κ2) is 9.31. The first-order valence-electron chi connectivity index (χ1n) is 7.86. The number of Topliss-reactive ketones (excluding diaryl/α,β-unsaturated/α-hetero) is 1. The molecule has 1 N–H and O–H groups in total. The average molecular weight is 368 g/mol. The van der Waals surface area contributed by atoms with E-state index in [0.29, 0.717) is 4.88 Å². The van der Waals surface area contributed by atoms with E-state index in [2.05, 4.69) is 5.32 Å². The number of amides is 2. The van der Waals surface area contributed by atoms with Crippen LogP contribution in [0.1, 0.15) is 43.3 Å². The van der Waals surface area contributed by atoms with Gasteiger partial charge in [-0.25, -0.2) is 0 Å². The normalized spacial score (nSPS) is 10.9. The van der Waals surface area contributed by atoms with Crippen LogP contribution in [0, 0.1) is 0 Å². The molecule has 1 aromatic rings. The van der Waals surface area contributed by atoms with Crippen LogP contribution in [0.3, 0.4) is 0 Å². The van der Waals surface area contributed by atoms with Gasteiger partial charge in [-0.1, -0.05) is 6.07 Å². The molecule has 0 atom stereocenters. The van der Waals surface area contributed by atoms with Gasteiger partial charge >= 0.3 is 5.97 Å². The molecule has 0 spiro atoms. The maximum absolute atomic E-state index is 11.9. The zero-order valence-electron chi connectivity index (χ0n) is 15.0. The second-order valence-electron chi connectivity index (χ2n) is 6.61. The fourth-order valence-corrected chi connectivity index (χ4v) is 2.56. The van der Waals surface area contributed by atoms with Crippen molar-refractivity contribution in [2.75, 3.05) is 20.2 Å². The van der Waals surface area contributed by atoms with Crippen molar-refractivity contribution >= 4 is 34.9 Å². The summed E-state index contributed by atoms with van der Waals surface area (Å²) in [5, 5.41) is 4.53. The molecule has 0 bridgehead atoms. The van der Waals surface area contributed by atoms with Crippen molar-refractivity contribution in [1.82, 2.24) is 10.2 Å². The van der Waals surface area contributed by atoms with Crippen LogP contribution in [0.4, 0.5) is 0 Å². The average Bonchev–Trinajstić information content (AvgIpc) is 3.02. The van der Waals surface area contributed by atoms with Crippen LogP contribution in [-0.4, -0.2) is 54.2 Å². The summed E-state index contributed by atoms with van der Waals surface area (Å²) in [7, 11) is 1.46. The molecular weight excluding hydrogens is 344 g/mol. The molecule has 7 nitrogen and oxygen atoms in total. The Balaban J connectivity index is 2.29. The minimum absolute atomic E-state index is 0.0391. The molecule has 0 saturated carbocycles. The van der Waals surface area contributed by atoms with Crippen molar-refractivity contribution < 1.29 is 23.9 Å². The van der Waals surface area contributed by atoms with Crippen LogP contribution in [0.5, 0.6) is 0 Å². The molecule has 0 aliphatic heterocycles. The highest BCUT2D eigenvalue weighted by atomic mass is 32.1. The van der Waals surface area contributed by atoms with Crippen molar-refractivity contribution in [1.29, 1.82) is 0 Å². The molecule has 0 radical (unpaired) electrons. The van der Waals surface area contributed by atoms with Crippen molar-refractivity contribution in [2.24, 2.45) is 0 Å². The number of carbonyl (C=O) groups excluding carboxylic acids is 4. The maximum Gasteiger partial charge on any atom is 0.306 e. The number of hydrogen-bond donors (Lipinski definition) is 1. The molecular formula is C17H24N2O5S. The zero-order chi connectivity index (χ0) is 19.0. The molecule has 0 unspecified atom stereocenters. The SMILES string of the molecule is CN(CC(=O)NC(C)(C)C)C(=O)COC(=O)CCC(=O)c1cccs1. The number of likely N-dealkylation sites (N-methyl/N-ethyl adjacent to an activating group) is 1. The molecule has 2 amide bonds. The lowest BCUT2D eigenvalue weighted by Crippen LogP contribution is -2.46. The number of carbonyl (C=O) groups is 4. The summed E-state index contributed by atoms with van der Waals surface area (Å²) in [5.74, 6) is -1.53. The van der Waals surface area contributed by atoms with Gasteiger partial charge in [0, 0.05) is 19.0 Å². The number of esters is 1. The molecule has 1 rings (SSSR count). The molecule has 8 heteroatoms. The van der Waals surface area contributed by atoms with Gasteiger partial charge < -0.3 is 15.0 Å². The van der Waals surface area contributed by atoms with Gasteiger partial charge in [0.05, 0.1) is 17.8 Å². The first kappa shape index (κ1) is 20.8. The van der Waals surface area contributed by atoms with Gasteiger partial charge in [0.2, 0.25) is 5.91 Å². The Bertz CT molecular complexity index is 619. The van der Waals surface area contributed by atoms with Crippen LogP contribution in [0.25, 0.3) is 0 Å². The predicted octanol–water partition coefficient (Wildman–Crippen LogP) is 1.63. The highest BCUT2D eigenvalue weighted by Gasteiger charge is 2.19. The number of thiophene rings is 1. The first-order valence-corrected chi connectivity index (χ1v) is 8.74. The van der Waals surface area contributed by atoms with Crippen LogP contribution >= 0.6 is 11.3 Å². The second-order valence-corrected chi connectivity index (χ2v) is 7.56. The topological polar surface area (TPSA) is 92.8 Å². The Morgan fingerprint density at radius 1 is 1.20 bits per heavy atom. The van der Waals surface area contributed by atoms with Gasteiger partial charge in [-0.3, -0.25) is 19.2 Å². The summed E-state index contributed by atoms with van der Waals surface area (Å²) < 4.78 is 4.86. The van der Waals surface area contributed by atoms with Gasteiger partial charge in [0.1, 0.15) is 0 Å². The number of nitrogens with zero attached hydrogens (tertiary/aromatic N) is 1. The van der Waals surface area contributed by atoms with E-state index >= 15 is 0 Å². The first-order chi connectivity index (χ1) is 11.6. The van der Waals surface area contributed by atoms with E-state index in [1.165, 1.54) is 23.3 Å². The molecule has 0 aliphatic rings. The van der Waals surface area contributed by atoms with E-state index in [1.54, 1.807) is 17.5 Å². The summed E-state index contributed by atoms with van der Waals surface area (Å²) in [6.45, 7) is 4.94. The minimum Gasteiger partial charge on any atom is -0.456 e. The molecule has 25 heavy (non-hydrogen) atoms. The van der Waals surface area contributed by atoms with E-state index in [1.807, 2.05) is 20.8 Å². The number of rotatable bonds is 8. The Labute approximate surface area is 151 Å². The van der Waals surface area contributed by atoms with E-state index in [0.717, 1.165) is 0 Å². The smallest absolute Gasteiger partial charge is 0.306 e. The Morgan fingerprint density at radius 2 is 1.88 bits per heavy atom. The largest absolute Gasteiger partial charge is 0.456 e. The summed E-state index contributed by atoms with van der Waals surface area (Å²) in [5.41, 5.74) is -0.386. The molecule has 138 valence electrons. The van der Waals surface area contributed by atoms with Gasteiger partial charge in [0.25, 0.3) is 5.91 Å². The maximum atomic E-state index is 11.9. The van der Waals surface area contributed by atoms with Gasteiger partial charge in [-0.2, -0.15) is 0 Å². The third-order valence-electron chi connectivity index (χ3n) is 3.03. The molecule has 1 aromatic heterocycles. The lowest BCUT2D eigenvalue weighted by molar-refractivity contribution is -0.152. The van der Waals surface area contributed by atoms with Crippen LogP contribution in [0.2, 0.25) is 0 Å². The van der Waals surface area contributed by atoms with Gasteiger partial charge in [0.15, 0.2) is 12.4 Å². The summed E-state index contributed by atoms with van der Waals surface area (Å²) in [4.78, 5) is 48.8.